The summed E-state index contributed by atoms with van der Waals surface area (Å²) in [5, 5.41) is 1.90. The lowest BCUT2D eigenvalue weighted by atomic mass is 9.87. The first-order valence-corrected chi connectivity index (χ1v) is 12.1. The molecule has 2 aliphatic rings. The maximum Gasteiger partial charge on any atom is 0.279 e. The molecule has 0 spiro atoms. The van der Waals surface area contributed by atoms with Crippen LogP contribution in [0.1, 0.15) is 37.7 Å². The van der Waals surface area contributed by atoms with Crippen LogP contribution in [0.3, 0.4) is 0 Å². The molecule has 1 amide bonds. The van der Waals surface area contributed by atoms with Crippen LogP contribution >= 0.6 is 11.3 Å². The zero-order valence-electron chi connectivity index (χ0n) is 17.8. The number of nitrogens with one attached hydrogen (secondary N) is 1. The van der Waals surface area contributed by atoms with Crippen LogP contribution in [-0.4, -0.2) is 32.9 Å². The van der Waals surface area contributed by atoms with E-state index in [-0.39, 0.29) is 5.91 Å². The fourth-order valence-corrected chi connectivity index (χ4v) is 6.48. The number of fused-ring (bicyclic) bond motifs is 4. The van der Waals surface area contributed by atoms with Gasteiger partial charge < -0.3 is 15.5 Å². The first kappa shape index (κ1) is 19.8. The number of rotatable bonds is 6. The lowest BCUT2D eigenvalue weighted by Gasteiger charge is -2.38. The van der Waals surface area contributed by atoms with E-state index in [1.807, 2.05) is 24.3 Å². The van der Waals surface area contributed by atoms with Crippen molar-refractivity contribution in [1.29, 1.82) is 0 Å². The van der Waals surface area contributed by atoms with Gasteiger partial charge in [0.2, 0.25) is 5.91 Å². The molecular weight excluding hydrogens is 420 g/mol. The molecule has 6 nitrogen and oxygen atoms in total. The van der Waals surface area contributed by atoms with Gasteiger partial charge in [0, 0.05) is 48.2 Å². The quantitative estimate of drug-likeness (QED) is 0.427. The predicted octanol–water partition coefficient (Wildman–Crippen LogP) is 5.19. The molecular formula is C25H26N4O2S. The van der Waals surface area contributed by atoms with Crippen LogP contribution in [-0.2, 0) is 11.3 Å². The molecule has 2 saturated heterocycles. The Hall–Kier alpha value is -2.90. The summed E-state index contributed by atoms with van der Waals surface area (Å²) in [6.07, 6.45) is 7.28. The third-order valence-electron chi connectivity index (χ3n) is 7.04. The van der Waals surface area contributed by atoms with Crippen LogP contribution in [0.15, 0.2) is 48.7 Å². The van der Waals surface area contributed by atoms with E-state index >= 15 is 0 Å². The third-order valence-corrected chi connectivity index (χ3v) is 7.96. The number of para-hydroxylation sites is 1. The summed E-state index contributed by atoms with van der Waals surface area (Å²) in [6.45, 7) is 0.941. The van der Waals surface area contributed by atoms with Crippen molar-refractivity contribution >= 4 is 38.4 Å². The summed E-state index contributed by atoms with van der Waals surface area (Å²) in [5.41, 5.74) is 8.81. The van der Waals surface area contributed by atoms with Gasteiger partial charge in [0.15, 0.2) is 0 Å². The fraction of sp³-hybridized carbons (Fsp3) is 0.360. The number of nitrogens with zero attached hydrogens (tertiary/aromatic N) is 2. The van der Waals surface area contributed by atoms with Gasteiger partial charge in [-0.2, -0.15) is 0 Å². The summed E-state index contributed by atoms with van der Waals surface area (Å²) in [6, 6.07) is 15.4. The molecule has 3 N–H and O–H groups in total. The Balaban J connectivity index is 1.18. The van der Waals surface area contributed by atoms with Gasteiger partial charge in [-0.1, -0.05) is 23.5 Å². The van der Waals surface area contributed by atoms with Gasteiger partial charge in [0.1, 0.15) is 5.75 Å². The summed E-state index contributed by atoms with van der Waals surface area (Å²) >= 11 is 1.56. The summed E-state index contributed by atoms with van der Waals surface area (Å²) in [7, 11) is 0. The lowest BCUT2D eigenvalue weighted by molar-refractivity contribution is -0.119. The zero-order valence-corrected chi connectivity index (χ0v) is 18.6. The van der Waals surface area contributed by atoms with Crippen LogP contribution in [0.5, 0.6) is 10.9 Å². The van der Waals surface area contributed by atoms with Crippen LogP contribution in [0.4, 0.5) is 0 Å². The first-order valence-electron chi connectivity index (χ1n) is 11.3. The number of ether oxygens (including phenoxy) is 1. The van der Waals surface area contributed by atoms with Crippen LogP contribution < -0.4 is 10.5 Å². The highest BCUT2D eigenvalue weighted by Gasteiger charge is 2.40. The Bertz CT molecular complexity index is 1250. The minimum Gasteiger partial charge on any atom is -0.431 e. The molecule has 0 radical (unpaired) electrons. The molecule has 0 saturated carbocycles. The molecule has 2 aromatic heterocycles. The molecule has 164 valence electrons. The van der Waals surface area contributed by atoms with Crippen LogP contribution in [0, 0.1) is 5.92 Å². The third kappa shape index (κ3) is 3.65. The number of H-pyrrole nitrogens is 1. The van der Waals surface area contributed by atoms with E-state index in [1.165, 1.54) is 23.8 Å². The minimum absolute atomic E-state index is 0.164. The van der Waals surface area contributed by atoms with Crippen molar-refractivity contribution in [1.82, 2.24) is 14.9 Å². The fourth-order valence-electron chi connectivity index (χ4n) is 5.65. The highest BCUT2D eigenvalue weighted by Crippen LogP contribution is 2.41. The number of amides is 1. The topological polar surface area (TPSA) is 84.2 Å². The SMILES string of the molecule is NC(=O)CC1C[C@H]2CC[C@@H](C1)N2Cc1c[nH]c2cc(Oc3nc4ccccc4s3)ccc12. The standard InChI is InChI=1S/C25H26N4O2S/c26-24(30)11-15-9-17-5-6-18(10-15)29(17)14-16-13-27-22-12-19(7-8-20(16)22)31-25-28-21-3-1-2-4-23(21)32-25/h1-4,7-8,12-13,15,17-18,27H,5-6,9-11,14H2,(H2,26,30)/t15?,17-,18+. The van der Waals surface area contributed by atoms with Crippen molar-refractivity contribution in [3.8, 4) is 10.9 Å². The Labute approximate surface area is 190 Å². The van der Waals surface area contributed by atoms with Gasteiger partial charge in [-0.3, -0.25) is 9.69 Å². The average Bonchev–Trinajstić information content (AvgIpc) is 3.42. The number of thiazole rings is 1. The van der Waals surface area contributed by atoms with E-state index in [4.69, 9.17) is 10.5 Å². The van der Waals surface area contributed by atoms with Crippen molar-refractivity contribution < 1.29 is 9.53 Å². The molecule has 3 atom stereocenters. The van der Waals surface area contributed by atoms with E-state index in [2.05, 4.69) is 39.3 Å². The number of piperidine rings is 1. The van der Waals surface area contributed by atoms with Crippen molar-refractivity contribution in [2.45, 2.75) is 50.7 Å². The van der Waals surface area contributed by atoms with Crippen molar-refractivity contribution in [2.24, 2.45) is 11.7 Å². The molecule has 6 rings (SSSR count). The van der Waals surface area contributed by atoms with E-state index in [0.29, 0.717) is 29.6 Å². The molecule has 1 unspecified atom stereocenters. The lowest BCUT2D eigenvalue weighted by Crippen LogP contribution is -2.43. The van der Waals surface area contributed by atoms with E-state index < -0.39 is 0 Å². The molecule has 32 heavy (non-hydrogen) atoms. The smallest absolute Gasteiger partial charge is 0.279 e. The number of nitrogens with two attached hydrogens (primary N) is 1. The Morgan fingerprint density at radius 1 is 1.19 bits per heavy atom. The van der Waals surface area contributed by atoms with Crippen molar-refractivity contribution in [2.75, 3.05) is 0 Å². The molecule has 0 aliphatic carbocycles. The van der Waals surface area contributed by atoms with Gasteiger partial charge in [0.25, 0.3) is 5.19 Å². The molecule has 4 heterocycles. The first-order chi connectivity index (χ1) is 15.6. The highest BCUT2D eigenvalue weighted by molar-refractivity contribution is 7.20. The highest BCUT2D eigenvalue weighted by atomic mass is 32.1. The zero-order chi connectivity index (χ0) is 21.7. The Morgan fingerprint density at radius 2 is 2.00 bits per heavy atom. The van der Waals surface area contributed by atoms with Gasteiger partial charge in [-0.25, -0.2) is 4.98 Å². The maximum atomic E-state index is 11.4. The van der Waals surface area contributed by atoms with E-state index in [9.17, 15) is 4.79 Å². The number of benzene rings is 2. The number of hydrogen-bond acceptors (Lipinski definition) is 5. The van der Waals surface area contributed by atoms with Gasteiger partial charge in [-0.15, -0.1) is 0 Å². The predicted molar refractivity (Wildman–Crippen MR) is 127 cm³/mol. The van der Waals surface area contributed by atoms with Gasteiger partial charge in [-0.05, 0) is 61.4 Å². The second-order valence-corrected chi connectivity index (χ2v) is 10.1. The Kier molecular flexibility index (Phi) is 4.88. The van der Waals surface area contributed by atoms with Gasteiger partial charge in [0.05, 0.1) is 10.2 Å². The maximum absolute atomic E-state index is 11.4. The number of carbonyl (C=O) groups excluding carboxylic acids is 1. The monoisotopic (exact) mass is 446 g/mol. The molecule has 2 fully saturated rings. The molecule has 7 heteroatoms. The number of aromatic amines is 1. The molecule has 4 aromatic rings. The number of aromatic nitrogens is 2. The summed E-state index contributed by atoms with van der Waals surface area (Å²) in [4.78, 5) is 22.0. The second-order valence-electron chi connectivity index (χ2n) is 9.14. The summed E-state index contributed by atoms with van der Waals surface area (Å²) < 4.78 is 7.18. The van der Waals surface area contributed by atoms with E-state index in [0.717, 1.165) is 40.9 Å². The van der Waals surface area contributed by atoms with Gasteiger partial charge >= 0.3 is 0 Å². The molecule has 2 bridgehead atoms. The second kappa shape index (κ2) is 7.90. The number of hydrogen-bond donors (Lipinski definition) is 2. The largest absolute Gasteiger partial charge is 0.431 e. The summed E-state index contributed by atoms with van der Waals surface area (Å²) in [5.74, 6) is 1.08. The van der Waals surface area contributed by atoms with Crippen molar-refractivity contribution in [3.05, 3.63) is 54.2 Å². The van der Waals surface area contributed by atoms with Crippen LogP contribution in [0.25, 0.3) is 21.1 Å². The van der Waals surface area contributed by atoms with Crippen LogP contribution in [0.2, 0.25) is 0 Å². The van der Waals surface area contributed by atoms with E-state index in [1.54, 1.807) is 11.3 Å². The molecule has 2 aromatic carbocycles. The molecule has 2 aliphatic heterocycles. The number of primary amides is 1. The Morgan fingerprint density at radius 3 is 2.78 bits per heavy atom. The minimum atomic E-state index is -0.164. The normalized spacial score (nSPS) is 23.2. The van der Waals surface area contributed by atoms with Crippen molar-refractivity contribution in [3.63, 3.8) is 0 Å². The average molecular weight is 447 g/mol. The number of carbonyl (C=O) groups is 1.